The van der Waals surface area contributed by atoms with E-state index in [2.05, 4.69) is 9.97 Å². The molecule has 1 aromatic heterocycles. The summed E-state index contributed by atoms with van der Waals surface area (Å²) in [5, 5.41) is 18.7. The predicted octanol–water partition coefficient (Wildman–Crippen LogP) is 1.80. The average molecular weight is 284 g/mol. The zero-order valence-corrected chi connectivity index (χ0v) is 11.1. The predicted molar refractivity (Wildman–Crippen MR) is 73.9 cm³/mol. The summed E-state index contributed by atoms with van der Waals surface area (Å²) in [6.07, 6.45) is 3.00. The van der Waals surface area contributed by atoms with Crippen LogP contribution in [0.25, 0.3) is 0 Å². The van der Waals surface area contributed by atoms with Crippen molar-refractivity contribution in [2.45, 2.75) is 18.6 Å². The van der Waals surface area contributed by atoms with Gasteiger partial charge in [-0.05, 0) is 24.1 Å². The molecule has 1 N–H and O–H groups in total. The molecule has 2 aromatic rings. The van der Waals surface area contributed by atoms with Gasteiger partial charge in [-0.25, -0.2) is 14.4 Å². The molecule has 0 aliphatic carbocycles. The van der Waals surface area contributed by atoms with Crippen molar-refractivity contribution < 1.29 is 9.50 Å². The van der Waals surface area contributed by atoms with Crippen LogP contribution in [0.1, 0.15) is 23.7 Å². The fourth-order valence-corrected chi connectivity index (χ4v) is 2.60. The monoisotopic (exact) mass is 284 g/mol. The van der Waals surface area contributed by atoms with Gasteiger partial charge in [0.1, 0.15) is 17.7 Å². The minimum atomic E-state index is -0.475. The summed E-state index contributed by atoms with van der Waals surface area (Å²) in [6.45, 7) is 0.433. The Morgan fingerprint density at radius 1 is 1.24 bits per heavy atom. The van der Waals surface area contributed by atoms with Crippen molar-refractivity contribution >= 4 is 5.82 Å². The van der Waals surface area contributed by atoms with Crippen molar-refractivity contribution in [1.82, 2.24) is 9.97 Å². The number of nitrogens with zero attached hydrogens (tertiary/aromatic N) is 4. The van der Waals surface area contributed by atoms with Crippen LogP contribution in [0.4, 0.5) is 10.2 Å². The highest BCUT2D eigenvalue weighted by Gasteiger charge is 2.33. The van der Waals surface area contributed by atoms with Crippen LogP contribution in [-0.2, 0) is 0 Å². The number of aliphatic hydroxyl groups is 1. The van der Waals surface area contributed by atoms with Crippen LogP contribution in [0.5, 0.6) is 0 Å². The zero-order valence-electron chi connectivity index (χ0n) is 11.1. The summed E-state index contributed by atoms with van der Waals surface area (Å²) in [7, 11) is 0. The van der Waals surface area contributed by atoms with Crippen LogP contribution in [0.3, 0.4) is 0 Å². The summed E-state index contributed by atoms with van der Waals surface area (Å²) in [6, 6.07) is 8.07. The molecule has 6 heteroatoms. The first-order valence-electron chi connectivity index (χ1n) is 6.59. The second-order valence-corrected chi connectivity index (χ2v) is 4.98. The molecule has 0 spiro atoms. The number of β-amino-alcohol motifs (C(OH)–C–C–N with tert-alkyl or cyclic N) is 1. The quantitative estimate of drug-likeness (QED) is 0.910. The van der Waals surface area contributed by atoms with Gasteiger partial charge in [0, 0.05) is 6.54 Å². The Labute approximate surface area is 121 Å². The van der Waals surface area contributed by atoms with Crippen LogP contribution in [-0.4, -0.2) is 27.7 Å². The molecule has 0 amide bonds. The van der Waals surface area contributed by atoms with Crippen molar-refractivity contribution in [3.8, 4) is 6.07 Å². The Kier molecular flexibility index (Phi) is 3.50. The summed E-state index contributed by atoms with van der Waals surface area (Å²) < 4.78 is 13.0. The number of hydrogen-bond donors (Lipinski definition) is 1. The van der Waals surface area contributed by atoms with Gasteiger partial charge in [0.2, 0.25) is 0 Å². The lowest BCUT2D eigenvalue weighted by Gasteiger charge is -2.25. The Balaban J connectivity index is 1.91. The maximum Gasteiger partial charge on any atom is 0.158 e. The van der Waals surface area contributed by atoms with Crippen molar-refractivity contribution in [3.05, 3.63) is 53.7 Å². The molecule has 1 aromatic carbocycles. The number of anilines is 1. The SMILES string of the molecule is N#Cc1cnc(N2C[C@@H](O)C[C@H]2c2ccc(F)cc2)cn1. The van der Waals surface area contributed by atoms with E-state index < -0.39 is 6.10 Å². The molecule has 0 radical (unpaired) electrons. The number of nitriles is 1. The highest BCUT2D eigenvalue weighted by Crippen LogP contribution is 2.35. The summed E-state index contributed by atoms with van der Waals surface area (Å²) in [5.74, 6) is 0.307. The smallest absolute Gasteiger partial charge is 0.158 e. The molecule has 2 atom stereocenters. The van der Waals surface area contributed by atoms with E-state index in [0.717, 1.165) is 5.56 Å². The van der Waals surface area contributed by atoms with Gasteiger partial charge in [-0.1, -0.05) is 12.1 Å². The number of halogens is 1. The number of benzene rings is 1. The van der Waals surface area contributed by atoms with Crippen LogP contribution < -0.4 is 4.90 Å². The molecular weight excluding hydrogens is 271 g/mol. The van der Waals surface area contributed by atoms with Gasteiger partial charge in [0.25, 0.3) is 0 Å². The fraction of sp³-hybridized carbons (Fsp3) is 0.267. The molecule has 1 aliphatic rings. The van der Waals surface area contributed by atoms with Crippen LogP contribution in [0, 0.1) is 17.1 Å². The van der Waals surface area contributed by atoms with E-state index >= 15 is 0 Å². The number of aliphatic hydroxyl groups excluding tert-OH is 1. The molecule has 1 aliphatic heterocycles. The third-order valence-electron chi connectivity index (χ3n) is 3.58. The standard InChI is InChI=1S/C15H13FN4O/c16-11-3-1-10(2-4-11)14-5-13(21)9-20(14)15-8-18-12(6-17)7-19-15/h1-4,7-8,13-14,21H,5,9H2/t13-,14-/m0/s1. The summed E-state index contributed by atoms with van der Waals surface area (Å²) >= 11 is 0. The number of rotatable bonds is 2. The molecule has 21 heavy (non-hydrogen) atoms. The molecular formula is C15H13FN4O. The maximum atomic E-state index is 13.0. The van der Waals surface area contributed by atoms with Gasteiger partial charge in [0.15, 0.2) is 5.69 Å². The van der Waals surface area contributed by atoms with Crippen LogP contribution in [0.2, 0.25) is 0 Å². The first-order chi connectivity index (χ1) is 10.2. The maximum absolute atomic E-state index is 13.0. The van der Waals surface area contributed by atoms with Gasteiger partial charge in [-0.15, -0.1) is 0 Å². The van der Waals surface area contributed by atoms with E-state index in [1.807, 2.05) is 11.0 Å². The average Bonchev–Trinajstić information content (AvgIpc) is 2.90. The fourth-order valence-electron chi connectivity index (χ4n) is 2.60. The molecule has 1 fully saturated rings. The second-order valence-electron chi connectivity index (χ2n) is 4.98. The van der Waals surface area contributed by atoms with E-state index in [-0.39, 0.29) is 17.6 Å². The Hall–Kier alpha value is -2.52. The zero-order chi connectivity index (χ0) is 14.8. The lowest BCUT2D eigenvalue weighted by atomic mass is 10.0. The van der Waals surface area contributed by atoms with Crippen molar-refractivity contribution in [3.63, 3.8) is 0 Å². The first-order valence-corrected chi connectivity index (χ1v) is 6.59. The van der Waals surface area contributed by atoms with Crippen molar-refractivity contribution in [1.29, 1.82) is 5.26 Å². The van der Waals surface area contributed by atoms with Gasteiger partial charge in [0.05, 0.1) is 24.5 Å². The minimum absolute atomic E-state index is 0.0807. The molecule has 0 saturated carbocycles. The minimum Gasteiger partial charge on any atom is -0.391 e. The highest BCUT2D eigenvalue weighted by molar-refractivity contribution is 5.44. The molecule has 1 saturated heterocycles. The lowest BCUT2D eigenvalue weighted by Crippen LogP contribution is -2.25. The lowest BCUT2D eigenvalue weighted by molar-refractivity contribution is 0.194. The van der Waals surface area contributed by atoms with E-state index in [0.29, 0.717) is 18.8 Å². The van der Waals surface area contributed by atoms with E-state index in [4.69, 9.17) is 5.26 Å². The van der Waals surface area contributed by atoms with Gasteiger partial charge in [-0.3, -0.25) is 0 Å². The molecule has 106 valence electrons. The third-order valence-corrected chi connectivity index (χ3v) is 3.58. The highest BCUT2D eigenvalue weighted by atomic mass is 19.1. The van der Waals surface area contributed by atoms with E-state index in [1.165, 1.54) is 24.5 Å². The Morgan fingerprint density at radius 2 is 2.00 bits per heavy atom. The van der Waals surface area contributed by atoms with Gasteiger partial charge in [-0.2, -0.15) is 5.26 Å². The molecule has 2 heterocycles. The number of hydrogen-bond acceptors (Lipinski definition) is 5. The molecule has 3 rings (SSSR count). The Morgan fingerprint density at radius 3 is 2.62 bits per heavy atom. The third kappa shape index (κ3) is 2.69. The van der Waals surface area contributed by atoms with Gasteiger partial charge >= 0.3 is 0 Å². The summed E-state index contributed by atoms with van der Waals surface area (Å²) in [4.78, 5) is 10.1. The van der Waals surface area contributed by atoms with E-state index in [9.17, 15) is 9.50 Å². The second kappa shape index (κ2) is 5.46. The largest absolute Gasteiger partial charge is 0.391 e. The van der Waals surface area contributed by atoms with Crippen molar-refractivity contribution in [2.75, 3.05) is 11.4 Å². The Bertz CT molecular complexity index is 666. The number of aromatic nitrogens is 2. The van der Waals surface area contributed by atoms with Crippen molar-refractivity contribution in [2.24, 2.45) is 0 Å². The van der Waals surface area contributed by atoms with Crippen LogP contribution >= 0.6 is 0 Å². The van der Waals surface area contributed by atoms with Gasteiger partial charge < -0.3 is 10.0 Å². The summed E-state index contributed by atoms with van der Waals surface area (Å²) in [5.41, 5.74) is 1.16. The normalized spacial score (nSPS) is 21.3. The molecule has 0 bridgehead atoms. The van der Waals surface area contributed by atoms with Crippen LogP contribution in [0.15, 0.2) is 36.7 Å². The molecule has 5 nitrogen and oxygen atoms in total. The molecule has 0 unspecified atom stereocenters. The first kappa shape index (κ1) is 13.5. The topological polar surface area (TPSA) is 73.0 Å². The van der Waals surface area contributed by atoms with E-state index in [1.54, 1.807) is 12.1 Å².